The van der Waals surface area contributed by atoms with E-state index in [0.29, 0.717) is 13.2 Å². The van der Waals surface area contributed by atoms with Gasteiger partial charge in [-0.2, -0.15) is 0 Å². The van der Waals surface area contributed by atoms with Gasteiger partial charge in [-0.1, -0.05) is 25.1 Å². The lowest BCUT2D eigenvalue weighted by Crippen LogP contribution is -2.52. The molecule has 4 heteroatoms. The van der Waals surface area contributed by atoms with Gasteiger partial charge in [0.05, 0.1) is 25.2 Å². The molecule has 0 saturated carbocycles. The summed E-state index contributed by atoms with van der Waals surface area (Å²) in [7, 11) is 0. The summed E-state index contributed by atoms with van der Waals surface area (Å²) >= 11 is 0. The first-order valence-corrected chi connectivity index (χ1v) is 7.16. The standard InChI is InChI=1S/C16H21NO3/c1-2-14-13(12-5-3-4-6-15(12)20-14)7-17-8-16(9-18)10-19-11-16/h3-6,17-18H,2,7-11H2,1H3. The number of ether oxygens (including phenoxy) is 1. The molecule has 0 amide bonds. The van der Waals surface area contributed by atoms with Gasteiger partial charge in [-0.15, -0.1) is 0 Å². The van der Waals surface area contributed by atoms with Gasteiger partial charge in [0.2, 0.25) is 0 Å². The highest BCUT2D eigenvalue weighted by atomic mass is 16.5. The van der Waals surface area contributed by atoms with Crippen LogP contribution in [0.5, 0.6) is 0 Å². The lowest BCUT2D eigenvalue weighted by molar-refractivity contribution is -0.134. The highest BCUT2D eigenvalue weighted by Gasteiger charge is 2.37. The molecule has 1 aliphatic rings. The average molecular weight is 275 g/mol. The number of rotatable bonds is 6. The van der Waals surface area contributed by atoms with Crippen LogP contribution in [0, 0.1) is 5.41 Å². The Kier molecular flexibility index (Phi) is 3.78. The number of nitrogens with one attached hydrogen (secondary N) is 1. The Morgan fingerprint density at radius 1 is 1.30 bits per heavy atom. The lowest BCUT2D eigenvalue weighted by atomic mass is 9.87. The Morgan fingerprint density at radius 2 is 2.10 bits per heavy atom. The molecule has 1 aromatic heterocycles. The summed E-state index contributed by atoms with van der Waals surface area (Å²) < 4.78 is 11.1. The summed E-state index contributed by atoms with van der Waals surface area (Å²) in [5.41, 5.74) is 2.09. The SMILES string of the molecule is CCc1oc2ccccc2c1CNCC1(CO)COC1. The van der Waals surface area contributed by atoms with E-state index in [0.717, 1.165) is 30.9 Å². The maximum Gasteiger partial charge on any atom is 0.134 e. The summed E-state index contributed by atoms with van der Waals surface area (Å²) in [6.45, 7) is 5.10. The van der Waals surface area contributed by atoms with Gasteiger partial charge < -0.3 is 19.6 Å². The number of benzene rings is 1. The number of fused-ring (bicyclic) bond motifs is 1. The Bertz CT molecular complexity index is 581. The topological polar surface area (TPSA) is 54.6 Å². The highest BCUT2D eigenvalue weighted by Crippen LogP contribution is 2.28. The Hall–Kier alpha value is -1.36. The molecule has 0 bridgehead atoms. The van der Waals surface area contributed by atoms with Gasteiger partial charge in [0.25, 0.3) is 0 Å². The minimum atomic E-state index is -0.0914. The first-order chi connectivity index (χ1) is 9.78. The zero-order valence-corrected chi connectivity index (χ0v) is 11.8. The Morgan fingerprint density at radius 3 is 2.75 bits per heavy atom. The third-order valence-electron chi connectivity index (χ3n) is 4.06. The first kappa shape index (κ1) is 13.6. The molecule has 2 N–H and O–H groups in total. The van der Waals surface area contributed by atoms with E-state index < -0.39 is 0 Å². The van der Waals surface area contributed by atoms with Crippen molar-refractivity contribution in [3.05, 3.63) is 35.6 Å². The van der Waals surface area contributed by atoms with Crippen molar-refractivity contribution in [1.29, 1.82) is 0 Å². The molecule has 0 radical (unpaired) electrons. The fourth-order valence-electron chi connectivity index (χ4n) is 2.72. The Balaban J connectivity index is 1.73. The van der Waals surface area contributed by atoms with Crippen molar-refractivity contribution in [3.8, 4) is 0 Å². The van der Waals surface area contributed by atoms with Gasteiger partial charge in [-0.25, -0.2) is 0 Å². The lowest BCUT2D eigenvalue weighted by Gasteiger charge is -2.40. The van der Waals surface area contributed by atoms with Gasteiger partial charge in [0.1, 0.15) is 11.3 Å². The molecule has 20 heavy (non-hydrogen) atoms. The predicted molar refractivity (Wildman–Crippen MR) is 77.6 cm³/mol. The van der Waals surface area contributed by atoms with Crippen LogP contribution in [0.15, 0.2) is 28.7 Å². The van der Waals surface area contributed by atoms with Gasteiger partial charge in [0, 0.05) is 30.5 Å². The summed E-state index contributed by atoms with van der Waals surface area (Å²) in [6, 6.07) is 8.14. The fraction of sp³-hybridized carbons (Fsp3) is 0.500. The van der Waals surface area contributed by atoms with Crippen molar-refractivity contribution >= 4 is 11.0 Å². The number of aryl methyl sites for hydroxylation is 1. The number of hydrogen-bond donors (Lipinski definition) is 2. The van der Waals surface area contributed by atoms with Crippen LogP contribution in [0.25, 0.3) is 11.0 Å². The molecular weight excluding hydrogens is 254 g/mol. The monoisotopic (exact) mass is 275 g/mol. The van der Waals surface area contributed by atoms with Gasteiger partial charge in [-0.05, 0) is 6.07 Å². The Labute approximate surface area is 118 Å². The van der Waals surface area contributed by atoms with E-state index in [1.807, 2.05) is 18.2 Å². The number of aliphatic hydroxyl groups is 1. The molecule has 108 valence electrons. The van der Waals surface area contributed by atoms with Crippen LogP contribution < -0.4 is 5.32 Å². The van der Waals surface area contributed by atoms with Crippen LogP contribution in [-0.2, 0) is 17.7 Å². The molecule has 1 aromatic carbocycles. The van der Waals surface area contributed by atoms with Crippen molar-refractivity contribution in [2.24, 2.45) is 5.41 Å². The van der Waals surface area contributed by atoms with E-state index in [9.17, 15) is 5.11 Å². The molecular formula is C16H21NO3. The molecule has 1 aliphatic heterocycles. The maximum absolute atomic E-state index is 9.43. The highest BCUT2D eigenvalue weighted by molar-refractivity contribution is 5.82. The van der Waals surface area contributed by atoms with E-state index in [4.69, 9.17) is 9.15 Å². The maximum atomic E-state index is 9.43. The van der Waals surface area contributed by atoms with Crippen molar-refractivity contribution in [2.75, 3.05) is 26.4 Å². The van der Waals surface area contributed by atoms with Gasteiger partial charge in [-0.3, -0.25) is 0 Å². The summed E-state index contributed by atoms with van der Waals surface area (Å²) in [4.78, 5) is 0. The molecule has 1 saturated heterocycles. The van der Waals surface area contributed by atoms with E-state index >= 15 is 0 Å². The quantitative estimate of drug-likeness (QED) is 0.847. The normalized spacial score (nSPS) is 17.3. The minimum absolute atomic E-state index is 0.0914. The van der Waals surface area contributed by atoms with Crippen molar-refractivity contribution in [2.45, 2.75) is 19.9 Å². The number of furan rings is 1. The summed E-state index contributed by atoms with van der Waals surface area (Å²) in [5, 5.41) is 14.1. The molecule has 1 fully saturated rings. The molecule has 0 unspecified atom stereocenters. The largest absolute Gasteiger partial charge is 0.461 e. The van der Waals surface area contributed by atoms with Crippen LogP contribution in [0.1, 0.15) is 18.2 Å². The number of para-hydroxylation sites is 1. The van der Waals surface area contributed by atoms with Crippen molar-refractivity contribution < 1.29 is 14.3 Å². The average Bonchev–Trinajstić information content (AvgIpc) is 2.80. The van der Waals surface area contributed by atoms with Gasteiger partial charge >= 0.3 is 0 Å². The molecule has 2 heterocycles. The van der Waals surface area contributed by atoms with Crippen LogP contribution in [0.2, 0.25) is 0 Å². The molecule has 0 aliphatic carbocycles. The predicted octanol–water partition coefficient (Wildman–Crippen LogP) is 2.09. The molecule has 0 atom stereocenters. The third-order valence-corrected chi connectivity index (χ3v) is 4.06. The second-order valence-corrected chi connectivity index (χ2v) is 5.61. The van der Waals surface area contributed by atoms with E-state index in [1.165, 1.54) is 10.9 Å². The first-order valence-electron chi connectivity index (χ1n) is 7.16. The van der Waals surface area contributed by atoms with Crippen LogP contribution in [-0.4, -0.2) is 31.5 Å². The zero-order chi connectivity index (χ0) is 14.0. The second kappa shape index (κ2) is 5.56. The van der Waals surface area contributed by atoms with Crippen molar-refractivity contribution in [3.63, 3.8) is 0 Å². The number of aliphatic hydroxyl groups excluding tert-OH is 1. The fourth-order valence-corrected chi connectivity index (χ4v) is 2.72. The van der Waals surface area contributed by atoms with Crippen LogP contribution in [0.4, 0.5) is 0 Å². The van der Waals surface area contributed by atoms with Crippen LogP contribution >= 0.6 is 0 Å². The van der Waals surface area contributed by atoms with Crippen LogP contribution in [0.3, 0.4) is 0 Å². The second-order valence-electron chi connectivity index (χ2n) is 5.61. The zero-order valence-electron chi connectivity index (χ0n) is 11.8. The summed E-state index contributed by atoms with van der Waals surface area (Å²) in [6.07, 6.45) is 0.889. The number of hydrogen-bond acceptors (Lipinski definition) is 4. The van der Waals surface area contributed by atoms with E-state index in [1.54, 1.807) is 0 Å². The van der Waals surface area contributed by atoms with E-state index in [-0.39, 0.29) is 12.0 Å². The summed E-state index contributed by atoms with van der Waals surface area (Å²) in [5.74, 6) is 1.04. The van der Waals surface area contributed by atoms with Crippen molar-refractivity contribution in [1.82, 2.24) is 5.32 Å². The minimum Gasteiger partial charge on any atom is -0.461 e. The molecule has 2 aromatic rings. The molecule has 4 nitrogen and oxygen atoms in total. The van der Waals surface area contributed by atoms with E-state index in [2.05, 4.69) is 18.3 Å². The van der Waals surface area contributed by atoms with Gasteiger partial charge in [0.15, 0.2) is 0 Å². The molecule has 0 spiro atoms. The smallest absolute Gasteiger partial charge is 0.134 e. The third kappa shape index (κ3) is 2.35. The molecule has 3 rings (SSSR count).